The molecule has 1 N–H and O–H groups in total. The number of aromatic nitrogens is 1. The maximum atomic E-state index is 10.5. The second kappa shape index (κ2) is 5.35. The molecule has 100 valence electrons. The van der Waals surface area contributed by atoms with Gasteiger partial charge in [-0.1, -0.05) is 40.2 Å². The molecule has 0 radical (unpaired) electrons. The standard InChI is InChI=1S/C17H14BrNO/c1-11-6-15(10-19-9-11)17(20)14-3-2-13-8-16(18)5-4-12(13)7-14/h2-10,17,20H,1H3. The van der Waals surface area contributed by atoms with Crippen LogP contribution in [-0.2, 0) is 0 Å². The zero-order valence-corrected chi connectivity index (χ0v) is 12.6. The molecule has 0 bridgehead atoms. The number of hydrogen-bond acceptors (Lipinski definition) is 2. The minimum Gasteiger partial charge on any atom is -0.384 e. The van der Waals surface area contributed by atoms with Gasteiger partial charge in [-0.2, -0.15) is 0 Å². The summed E-state index contributed by atoms with van der Waals surface area (Å²) in [6, 6.07) is 14.1. The normalized spacial score (nSPS) is 12.6. The first kappa shape index (κ1) is 13.3. The predicted molar refractivity (Wildman–Crippen MR) is 84.7 cm³/mol. The van der Waals surface area contributed by atoms with E-state index < -0.39 is 6.10 Å². The van der Waals surface area contributed by atoms with Gasteiger partial charge in [0, 0.05) is 22.4 Å². The number of fused-ring (bicyclic) bond motifs is 1. The van der Waals surface area contributed by atoms with Crippen molar-refractivity contribution < 1.29 is 5.11 Å². The van der Waals surface area contributed by atoms with Crippen molar-refractivity contribution in [3.63, 3.8) is 0 Å². The summed E-state index contributed by atoms with van der Waals surface area (Å²) in [6.45, 7) is 1.97. The Bertz CT molecular complexity index is 770. The Morgan fingerprint density at radius 3 is 2.50 bits per heavy atom. The molecule has 0 fully saturated rings. The van der Waals surface area contributed by atoms with Crippen molar-refractivity contribution in [3.8, 4) is 0 Å². The zero-order chi connectivity index (χ0) is 14.1. The second-order valence-corrected chi connectivity index (χ2v) is 5.86. The molecule has 1 aromatic heterocycles. The first-order valence-corrected chi connectivity index (χ1v) is 7.21. The lowest BCUT2D eigenvalue weighted by atomic mass is 9.99. The zero-order valence-electron chi connectivity index (χ0n) is 11.0. The van der Waals surface area contributed by atoms with Gasteiger partial charge in [-0.3, -0.25) is 4.98 Å². The van der Waals surface area contributed by atoms with Crippen LogP contribution < -0.4 is 0 Å². The van der Waals surface area contributed by atoms with Gasteiger partial charge < -0.3 is 5.11 Å². The summed E-state index contributed by atoms with van der Waals surface area (Å²) in [5, 5.41) is 12.7. The maximum Gasteiger partial charge on any atom is 0.106 e. The van der Waals surface area contributed by atoms with E-state index in [9.17, 15) is 5.11 Å². The second-order valence-electron chi connectivity index (χ2n) is 4.95. The number of aryl methyl sites for hydroxylation is 1. The molecule has 2 aromatic carbocycles. The summed E-state index contributed by atoms with van der Waals surface area (Å²) in [6.07, 6.45) is 2.85. The third kappa shape index (κ3) is 2.60. The molecule has 3 aromatic rings. The van der Waals surface area contributed by atoms with Gasteiger partial charge in [0.1, 0.15) is 6.10 Å². The summed E-state index contributed by atoms with van der Waals surface area (Å²) >= 11 is 3.47. The van der Waals surface area contributed by atoms with Crippen molar-refractivity contribution in [2.75, 3.05) is 0 Å². The lowest BCUT2D eigenvalue weighted by molar-refractivity contribution is 0.220. The third-order valence-corrected chi connectivity index (χ3v) is 3.85. The van der Waals surface area contributed by atoms with E-state index in [1.807, 2.05) is 43.3 Å². The van der Waals surface area contributed by atoms with Gasteiger partial charge in [-0.15, -0.1) is 0 Å². The Morgan fingerprint density at radius 2 is 1.70 bits per heavy atom. The molecule has 20 heavy (non-hydrogen) atoms. The summed E-state index contributed by atoms with van der Waals surface area (Å²) < 4.78 is 1.06. The van der Waals surface area contributed by atoms with E-state index in [-0.39, 0.29) is 0 Å². The average Bonchev–Trinajstić information content (AvgIpc) is 2.46. The molecule has 0 saturated carbocycles. The minimum absolute atomic E-state index is 0.643. The van der Waals surface area contributed by atoms with E-state index in [0.717, 1.165) is 31.9 Å². The SMILES string of the molecule is Cc1cncc(C(O)c2ccc3cc(Br)ccc3c2)c1. The number of hydrogen-bond donors (Lipinski definition) is 1. The fraction of sp³-hybridized carbons (Fsp3) is 0.118. The number of benzene rings is 2. The Morgan fingerprint density at radius 1 is 0.950 bits per heavy atom. The summed E-state index contributed by atoms with van der Waals surface area (Å²) in [5.74, 6) is 0. The van der Waals surface area contributed by atoms with E-state index >= 15 is 0 Å². The fourth-order valence-corrected chi connectivity index (χ4v) is 2.70. The predicted octanol–water partition coefficient (Wildman–Crippen LogP) is 4.39. The van der Waals surface area contributed by atoms with Crippen molar-refractivity contribution >= 4 is 26.7 Å². The van der Waals surface area contributed by atoms with Crippen molar-refractivity contribution in [2.45, 2.75) is 13.0 Å². The van der Waals surface area contributed by atoms with E-state index in [0.29, 0.717) is 0 Å². The van der Waals surface area contributed by atoms with Crippen LogP contribution in [0.3, 0.4) is 0 Å². The first-order valence-electron chi connectivity index (χ1n) is 6.42. The average molecular weight is 328 g/mol. The van der Waals surface area contributed by atoms with E-state index in [1.165, 1.54) is 0 Å². The number of halogens is 1. The van der Waals surface area contributed by atoms with E-state index in [1.54, 1.807) is 12.4 Å². The van der Waals surface area contributed by atoms with Crippen LogP contribution >= 0.6 is 15.9 Å². The Balaban J connectivity index is 2.03. The number of pyridine rings is 1. The monoisotopic (exact) mass is 327 g/mol. The molecule has 0 amide bonds. The fourth-order valence-electron chi connectivity index (χ4n) is 2.33. The first-order chi connectivity index (χ1) is 9.63. The van der Waals surface area contributed by atoms with Gasteiger partial charge in [0.2, 0.25) is 0 Å². The maximum absolute atomic E-state index is 10.5. The molecule has 0 saturated heterocycles. The van der Waals surface area contributed by atoms with Crippen LogP contribution in [0.1, 0.15) is 22.8 Å². The number of aliphatic hydroxyl groups is 1. The Kier molecular flexibility index (Phi) is 3.55. The number of rotatable bonds is 2. The quantitative estimate of drug-likeness (QED) is 0.757. The highest BCUT2D eigenvalue weighted by Gasteiger charge is 2.11. The van der Waals surface area contributed by atoms with Gasteiger partial charge in [-0.05, 0) is 47.0 Å². The van der Waals surface area contributed by atoms with Crippen LogP contribution in [0.2, 0.25) is 0 Å². The number of nitrogens with zero attached hydrogens (tertiary/aromatic N) is 1. The smallest absolute Gasteiger partial charge is 0.106 e. The van der Waals surface area contributed by atoms with E-state index in [2.05, 4.69) is 27.0 Å². The Hall–Kier alpha value is -1.71. The number of aliphatic hydroxyl groups excluding tert-OH is 1. The summed E-state index contributed by atoms with van der Waals surface area (Å²) in [4.78, 5) is 4.14. The highest BCUT2D eigenvalue weighted by atomic mass is 79.9. The molecule has 2 nitrogen and oxygen atoms in total. The van der Waals surface area contributed by atoms with Crippen molar-refractivity contribution in [2.24, 2.45) is 0 Å². The van der Waals surface area contributed by atoms with Gasteiger partial charge in [0.05, 0.1) is 0 Å². The summed E-state index contributed by atoms with van der Waals surface area (Å²) in [5.41, 5.74) is 2.75. The lowest BCUT2D eigenvalue weighted by Crippen LogP contribution is -2.00. The highest BCUT2D eigenvalue weighted by molar-refractivity contribution is 9.10. The van der Waals surface area contributed by atoms with Crippen LogP contribution in [-0.4, -0.2) is 10.1 Å². The van der Waals surface area contributed by atoms with Gasteiger partial charge in [-0.25, -0.2) is 0 Å². The van der Waals surface area contributed by atoms with Crippen LogP contribution in [0.25, 0.3) is 10.8 Å². The molecule has 1 unspecified atom stereocenters. The summed E-state index contributed by atoms with van der Waals surface area (Å²) in [7, 11) is 0. The van der Waals surface area contributed by atoms with Crippen molar-refractivity contribution in [3.05, 3.63) is 76.0 Å². The molecule has 1 atom stereocenters. The van der Waals surface area contributed by atoms with E-state index in [4.69, 9.17) is 0 Å². The Labute approximate surface area is 126 Å². The van der Waals surface area contributed by atoms with Crippen molar-refractivity contribution in [1.29, 1.82) is 0 Å². The lowest BCUT2D eigenvalue weighted by Gasteiger charge is -2.12. The largest absolute Gasteiger partial charge is 0.384 e. The molecular formula is C17H14BrNO. The third-order valence-electron chi connectivity index (χ3n) is 3.35. The molecule has 0 aliphatic heterocycles. The van der Waals surface area contributed by atoms with Gasteiger partial charge in [0.15, 0.2) is 0 Å². The molecule has 0 spiro atoms. The molecule has 3 rings (SSSR count). The van der Waals surface area contributed by atoms with Gasteiger partial charge >= 0.3 is 0 Å². The van der Waals surface area contributed by atoms with Crippen LogP contribution in [0.15, 0.2) is 59.3 Å². The molecule has 3 heteroatoms. The van der Waals surface area contributed by atoms with Crippen LogP contribution in [0.5, 0.6) is 0 Å². The minimum atomic E-state index is -0.643. The molecule has 0 aliphatic rings. The van der Waals surface area contributed by atoms with Crippen LogP contribution in [0, 0.1) is 6.92 Å². The molecule has 1 heterocycles. The van der Waals surface area contributed by atoms with Crippen LogP contribution in [0.4, 0.5) is 0 Å². The molecular weight excluding hydrogens is 314 g/mol. The topological polar surface area (TPSA) is 33.1 Å². The van der Waals surface area contributed by atoms with Gasteiger partial charge in [0.25, 0.3) is 0 Å². The van der Waals surface area contributed by atoms with Crippen molar-refractivity contribution in [1.82, 2.24) is 4.98 Å². The highest BCUT2D eigenvalue weighted by Crippen LogP contribution is 2.27. The molecule has 0 aliphatic carbocycles.